The van der Waals surface area contributed by atoms with Crippen LogP contribution in [-0.4, -0.2) is 42.1 Å². The molecule has 0 radical (unpaired) electrons. The average molecular weight is 280 g/mol. The van der Waals surface area contributed by atoms with Gasteiger partial charge in [-0.15, -0.1) is 0 Å². The summed E-state index contributed by atoms with van der Waals surface area (Å²) in [5.74, 6) is -0.832. The topological polar surface area (TPSA) is 92.9 Å². The molecule has 0 bridgehead atoms. The minimum Gasteiger partial charge on any atom is -0.496 e. The molecule has 0 aliphatic heterocycles. The van der Waals surface area contributed by atoms with E-state index in [0.29, 0.717) is 5.75 Å². The van der Waals surface area contributed by atoms with Gasteiger partial charge in [0.05, 0.1) is 25.6 Å². The largest absolute Gasteiger partial charge is 0.496 e. The highest BCUT2D eigenvalue weighted by Crippen LogP contribution is 2.28. The number of ether oxygens (including phenoxy) is 1. The Bertz CT molecular complexity index is 490. The molecule has 1 amide bonds. The van der Waals surface area contributed by atoms with Crippen molar-refractivity contribution >= 4 is 11.9 Å². The predicted octanol–water partition coefficient (Wildman–Crippen LogP) is 1.02. The molecular formula is C14H20N2O4. The Hall–Kier alpha value is -2.08. The van der Waals surface area contributed by atoms with Crippen LogP contribution in [0.5, 0.6) is 5.75 Å². The van der Waals surface area contributed by atoms with Crippen molar-refractivity contribution in [1.29, 1.82) is 0 Å². The highest BCUT2D eigenvalue weighted by Gasteiger charge is 2.25. The number of hydrogen-bond donors (Lipinski definition) is 2. The number of carbonyl (C=O) groups is 2. The molecule has 3 N–H and O–H groups in total. The molecule has 6 heteroatoms. The molecule has 1 rings (SSSR count). The van der Waals surface area contributed by atoms with Gasteiger partial charge in [0.25, 0.3) is 0 Å². The molecule has 2 unspecified atom stereocenters. The maximum absolute atomic E-state index is 12.1. The Morgan fingerprint density at radius 3 is 2.55 bits per heavy atom. The van der Waals surface area contributed by atoms with E-state index in [1.165, 1.54) is 4.90 Å². The van der Waals surface area contributed by atoms with E-state index in [2.05, 4.69) is 0 Å². The number of benzene rings is 1. The number of para-hydroxylation sites is 1. The normalized spacial score (nSPS) is 13.4. The van der Waals surface area contributed by atoms with Crippen molar-refractivity contribution in [3.05, 3.63) is 29.8 Å². The van der Waals surface area contributed by atoms with Crippen molar-refractivity contribution in [2.45, 2.75) is 25.4 Å². The minimum absolute atomic E-state index is 0.265. The van der Waals surface area contributed by atoms with Crippen LogP contribution in [0.3, 0.4) is 0 Å². The van der Waals surface area contributed by atoms with Gasteiger partial charge < -0.3 is 20.5 Å². The van der Waals surface area contributed by atoms with Gasteiger partial charge >= 0.3 is 5.97 Å². The van der Waals surface area contributed by atoms with Gasteiger partial charge in [-0.2, -0.15) is 0 Å². The second-order valence-corrected chi connectivity index (χ2v) is 4.57. The van der Waals surface area contributed by atoms with Crippen LogP contribution in [0.25, 0.3) is 0 Å². The summed E-state index contributed by atoms with van der Waals surface area (Å²) in [7, 11) is 3.16. The summed E-state index contributed by atoms with van der Waals surface area (Å²) in [5.41, 5.74) is 6.44. The van der Waals surface area contributed by atoms with Crippen LogP contribution >= 0.6 is 0 Å². The third-order valence-corrected chi connectivity index (χ3v) is 3.23. The van der Waals surface area contributed by atoms with E-state index in [1.54, 1.807) is 20.2 Å². The average Bonchev–Trinajstić information content (AvgIpc) is 2.44. The van der Waals surface area contributed by atoms with Crippen LogP contribution in [-0.2, 0) is 9.59 Å². The first-order valence-electron chi connectivity index (χ1n) is 6.25. The minimum atomic E-state index is -1.09. The molecule has 6 nitrogen and oxygen atoms in total. The van der Waals surface area contributed by atoms with E-state index in [0.717, 1.165) is 5.56 Å². The summed E-state index contributed by atoms with van der Waals surface area (Å²) in [5, 5.41) is 8.68. The lowest BCUT2D eigenvalue weighted by atomic mass is 10.0. The Morgan fingerprint density at radius 2 is 2.00 bits per heavy atom. The van der Waals surface area contributed by atoms with Gasteiger partial charge in [-0.05, 0) is 13.0 Å². The highest BCUT2D eigenvalue weighted by atomic mass is 16.5. The van der Waals surface area contributed by atoms with E-state index >= 15 is 0 Å². The number of carbonyl (C=O) groups excluding carboxylic acids is 1. The Balaban J connectivity index is 2.88. The molecule has 0 fully saturated rings. The molecule has 0 heterocycles. The monoisotopic (exact) mass is 280 g/mol. The SMILES string of the molecule is COc1ccccc1C(C)N(C)C(=O)C(N)CC(=O)O. The quantitative estimate of drug-likeness (QED) is 0.811. The molecule has 0 aliphatic carbocycles. The number of aliphatic carboxylic acids is 1. The van der Waals surface area contributed by atoms with E-state index in [1.807, 2.05) is 25.1 Å². The third-order valence-electron chi connectivity index (χ3n) is 3.23. The summed E-state index contributed by atoms with van der Waals surface area (Å²) in [6, 6.07) is 6.04. The molecule has 2 atom stereocenters. The zero-order valence-corrected chi connectivity index (χ0v) is 11.9. The summed E-state index contributed by atoms with van der Waals surface area (Å²) in [6.07, 6.45) is -0.387. The number of hydrogen-bond acceptors (Lipinski definition) is 4. The number of methoxy groups -OCH3 is 1. The van der Waals surface area contributed by atoms with Crippen LogP contribution in [0.2, 0.25) is 0 Å². The Kier molecular flexibility index (Phi) is 5.52. The first-order chi connectivity index (χ1) is 9.38. The van der Waals surface area contributed by atoms with Crippen molar-refractivity contribution in [2.75, 3.05) is 14.2 Å². The Morgan fingerprint density at radius 1 is 1.40 bits per heavy atom. The zero-order chi connectivity index (χ0) is 15.3. The van der Waals surface area contributed by atoms with Crippen molar-refractivity contribution < 1.29 is 19.4 Å². The van der Waals surface area contributed by atoms with Gasteiger partial charge in [-0.25, -0.2) is 0 Å². The van der Waals surface area contributed by atoms with Crippen LogP contribution < -0.4 is 10.5 Å². The zero-order valence-electron chi connectivity index (χ0n) is 11.9. The number of amides is 1. The standard InChI is InChI=1S/C14H20N2O4/c1-9(10-6-4-5-7-12(10)20-3)16(2)14(19)11(15)8-13(17)18/h4-7,9,11H,8,15H2,1-3H3,(H,17,18). The lowest BCUT2D eigenvalue weighted by Crippen LogP contribution is -2.43. The van der Waals surface area contributed by atoms with Gasteiger partial charge in [0.15, 0.2) is 0 Å². The predicted molar refractivity (Wildman–Crippen MR) is 74.4 cm³/mol. The van der Waals surface area contributed by atoms with Gasteiger partial charge in [0, 0.05) is 12.6 Å². The van der Waals surface area contributed by atoms with E-state index in [4.69, 9.17) is 15.6 Å². The fourth-order valence-corrected chi connectivity index (χ4v) is 1.95. The lowest BCUT2D eigenvalue weighted by Gasteiger charge is -2.28. The molecule has 0 saturated carbocycles. The third kappa shape index (κ3) is 3.71. The second-order valence-electron chi connectivity index (χ2n) is 4.57. The maximum atomic E-state index is 12.1. The first kappa shape index (κ1) is 16.0. The van der Waals surface area contributed by atoms with E-state index in [-0.39, 0.29) is 12.5 Å². The van der Waals surface area contributed by atoms with E-state index < -0.39 is 17.9 Å². The van der Waals surface area contributed by atoms with Gasteiger partial charge in [0.2, 0.25) is 5.91 Å². The van der Waals surface area contributed by atoms with Gasteiger partial charge in [-0.1, -0.05) is 18.2 Å². The van der Waals surface area contributed by atoms with E-state index in [9.17, 15) is 9.59 Å². The maximum Gasteiger partial charge on any atom is 0.305 e. The molecule has 20 heavy (non-hydrogen) atoms. The second kappa shape index (κ2) is 6.91. The summed E-state index contributed by atoms with van der Waals surface area (Å²) in [4.78, 5) is 24.1. The molecular weight excluding hydrogens is 260 g/mol. The van der Waals surface area contributed by atoms with Crippen molar-refractivity contribution in [3.8, 4) is 5.75 Å². The van der Waals surface area contributed by atoms with Gasteiger partial charge in [-0.3, -0.25) is 9.59 Å². The number of carboxylic acid groups (broad SMARTS) is 1. The van der Waals surface area contributed by atoms with Crippen LogP contribution in [0.4, 0.5) is 0 Å². The van der Waals surface area contributed by atoms with Crippen molar-refractivity contribution in [1.82, 2.24) is 4.90 Å². The molecule has 0 aromatic heterocycles. The first-order valence-corrected chi connectivity index (χ1v) is 6.25. The smallest absolute Gasteiger partial charge is 0.305 e. The van der Waals surface area contributed by atoms with Crippen LogP contribution in [0, 0.1) is 0 Å². The lowest BCUT2D eigenvalue weighted by molar-refractivity contribution is -0.142. The molecule has 0 spiro atoms. The van der Waals surface area contributed by atoms with Crippen molar-refractivity contribution in [2.24, 2.45) is 5.73 Å². The van der Waals surface area contributed by atoms with Crippen LogP contribution in [0.1, 0.15) is 24.9 Å². The number of nitrogens with two attached hydrogens (primary N) is 1. The number of carboxylic acids is 1. The molecule has 0 saturated heterocycles. The fourth-order valence-electron chi connectivity index (χ4n) is 1.95. The number of nitrogens with zero attached hydrogens (tertiary/aromatic N) is 1. The van der Waals surface area contributed by atoms with Crippen molar-refractivity contribution in [3.63, 3.8) is 0 Å². The molecule has 0 aliphatic rings. The summed E-state index contributed by atoms with van der Waals surface area (Å²) in [6.45, 7) is 1.84. The number of likely N-dealkylation sites (N-methyl/N-ethyl adjacent to an activating group) is 1. The van der Waals surface area contributed by atoms with Gasteiger partial charge in [0.1, 0.15) is 5.75 Å². The highest BCUT2D eigenvalue weighted by molar-refractivity contribution is 5.86. The Labute approximate surface area is 118 Å². The fraction of sp³-hybridized carbons (Fsp3) is 0.429. The summed E-state index contributed by atoms with van der Waals surface area (Å²) >= 11 is 0. The molecule has 110 valence electrons. The molecule has 1 aromatic carbocycles. The summed E-state index contributed by atoms with van der Waals surface area (Å²) < 4.78 is 5.26. The van der Waals surface area contributed by atoms with Crippen LogP contribution in [0.15, 0.2) is 24.3 Å². The molecule has 1 aromatic rings. The number of rotatable bonds is 6.